The molecule has 0 aliphatic carbocycles. The number of nitriles is 1. The molecule has 5 heterocycles. The van der Waals surface area contributed by atoms with Crippen LogP contribution >= 0.6 is 11.6 Å². The SMILES string of the molecule is C=CC(=O)N1CCN(c2nc(OC[C@@H]3CCN(C(=O)c4ccc5c(c4)CN(C(=O)c4cc(CC)c(O)cc4O)C5)C3)nc3c2CCN(c2cccc4cccc(Cl)c24)C3)C[C@@H]1CC#N. The maximum absolute atomic E-state index is 13.9. The molecule has 15 heteroatoms. The van der Waals surface area contributed by atoms with E-state index in [1.165, 1.54) is 18.2 Å². The number of fused-ring (bicyclic) bond motifs is 3. The normalized spacial score (nSPS) is 18.2. The number of hydrogen-bond donors (Lipinski definition) is 2. The second-order valence-electron chi connectivity index (χ2n) is 17.0. The molecule has 2 saturated heterocycles. The Balaban J connectivity index is 0.906. The number of aromatic nitrogens is 2. The third kappa shape index (κ3) is 8.12. The van der Waals surface area contributed by atoms with Crippen LogP contribution in [0.25, 0.3) is 10.8 Å². The Labute approximate surface area is 376 Å². The smallest absolute Gasteiger partial charge is 0.318 e. The molecule has 9 rings (SSSR count). The van der Waals surface area contributed by atoms with Crippen LogP contribution in [0.2, 0.25) is 5.02 Å². The molecule has 0 radical (unpaired) electrons. The Hall–Kier alpha value is -6.85. The number of carbonyl (C=O) groups is 3. The summed E-state index contributed by atoms with van der Waals surface area (Å²) in [4.78, 5) is 59.8. The third-order valence-corrected chi connectivity index (χ3v) is 13.4. The second-order valence-corrected chi connectivity index (χ2v) is 17.4. The fourth-order valence-electron chi connectivity index (χ4n) is 9.64. The molecule has 64 heavy (non-hydrogen) atoms. The van der Waals surface area contributed by atoms with E-state index < -0.39 is 0 Å². The van der Waals surface area contributed by atoms with Gasteiger partial charge in [0.25, 0.3) is 11.8 Å². The second kappa shape index (κ2) is 17.7. The first-order valence-electron chi connectivity index (χ1n) is 21.8. The number of likely N-dealkylation sites (tertiary alicyclic amines) is 1. The number of aryl methyl sites for hydroxylation is 1. The maximum Gasteiger partial charge on any atom is 0.318 e. The van der Waals surface area contributed by atoms with Crippen molar-refractivity contribution in [2.75, 3.05) is 55.7 Å². The molecule has 1 aromatic heterocycles. The van der Waals surface area contributed by atoms with Gasteiger partial charge in [-0.15, -0.1) is 0 Å². The van der Waals surface area contributed by atoms with Crippen LogP contribution < -0.4 is 14.5 Å². The van der Waals surface area contributed by atoms with Gasteiger partial charge in [-0.2, -0.15) is 15.2 Å². The van der Waals surface area contributed by atoms with Crippen molar-refractivity contribution in [3.63, 3.8) is 0 Å². The molecule has 0 bridgehead atoms. The van der Waals surface area contributed by atoms with Gasteiger partial charge < -0.3 is 39.4 Å². The molecule has 5 aromatic rings. The van der Waals surface area contributed by atoms with Crippen LogP contribution in [-0.2, 0) is 37.3 Å². The fourth-order valence-corrected chi connectivity index (χ4v) is 9.92. The zero-order chi connectivity index (χ0) is 44.6. The Morgan fingerprint density at radius 2 is 1.72 bits per heavy atom. The number of anilines is 2. The minimum atomic E-state index is -0.341. The number of halogens is 1. The summed E-state index contributed by atoms with van der Waals surface area (Å²) in [5, 5.41) is 33.0. The number of hydrogen-bond acceptors (Lipinski definition) is 11. The van der Waals surface area contributed by atoms with E-state index in [9.17, 15) is 29.9 Å². The Morgan fingerprint density at radius 3 is 2.52 bits per heavy atom. The molecule has 2 atom stereocenters. The fraction of sp³-hybridized carbons (Fsp3) is 0.347. The van der Waals surface area contributed by atoms with E-state index in [1.807, 2.05) is 42.2 Å². The predicted molar refractivity (Wildman–Crippen MR) is 243 cm³/mol. The number of phenolic OH excluding ortho intramolecular Hbond substituents is 2. The summed E-state index contributed by atoms with van der Waals surface area (Å²) >= 11 is 6.77. The maximum atomic E-state index is 13.9. The lowest BCUT2D eigenvalue weighted by molar-refractivity contribution is -0.128. The highest BCUT2D eigenvalue weighted by Gasteiger charge is 2.35. The summed E-state index contributed by atoms with van der Waals surface area (Å²) in [6.45, 7) is 10.1. The monoisotopic (exact) mass is 880 g/mol. The Kier molecular flexibility index (Phi) is 11.8. The molecule has 4 aromatic carbocycles. The van der Waals surface area contributed by atoms with E-state index in [0.717, 1.165) is 51.1 Å². The van der Waals surface area contributed by atoms with E-state index in [1.54, 1.807) is 15.9 Å². The number of rotatable bonds is 10. The predicted octanol–water partition coefficient (Wildman–Crippen LogP) is 6.63. The number of aromatic hydroxyl groups is 2. The summed E-state index contributed by atoms with van der Waals surface area (Å²) in [6.07, 6.45) is 3.38. The van der Waals surface area contributed by atoms with Crippen molar-refractivity contribution in [2.24, 2.45) is 5.92 Å². The first-order chi connectivity index (χ1) is 31.0. The summed E-state index contributed by atoms with van der Waals surface area (Å²) < 4.78 is 6.44. The molecule has 328 valence electrons. The van der Waals surface area contributed by atoms with Crippen molar-refractivity contribution in [1.82, 2.24) is 24.7 Å². The highest BCUT2D eigenvalue weighted by atomic mass is 35.5. The van der Waals surface area contributed by atoms with Crippen LogP contribution in [0.3, 0.4) is 0 Å². The first-order valence-corrected chi connectivity index (χ1v) is 22.2. The van der Waals surface area contributed by atoms with Gasteiger partial charge in [-0.3, -0.25) is 14.4 Å². The van der Waals surface area contributed by atoms with Crippen molar-refractivity contribution in [3.8, 4) is 23.6 Å². The van der Waals surface area contributed by atoms with E-state index in [4.69, 9.17) is 26.3 Å². The largest absolute Gasteiger partial charge is 0.508 e. The lowest BCUT2D eigenvalue weighted by Crippen LogP contribution is -2.55. The van der Waals surface area contributed by atoms with E-state index >= 15 is 0 Å². The molecule has 4 aliphatic rings. The van der Waals surface area contributed by atoms with Gasteiger partial charge in [0, 0.05) is 86.5 Å². The third-order valence-electron chi connectivity index (χ3n) is 13.1. The van der Waals surface area contributed by atoms with E-state index in [-0.39, 0.29) is 59.2 Å². The van der Waals surface area contributed by atoms with Gasteiger partial charge in [-0.25, -0.2) is 0 Å². The molecule has 4 aliphatic heterocycles. The Morgan fingerprint density at radius 1 is 0.906 bits per heavy atom. The number of nitrogens with zero attached hydrogens (tertiary/aromatic N) is 8. The van der Waals surface area contributed by atoms with Gasteiger partial charge >= 0.3 is 6.01 Å². The van der Waals surface area contributed by atoms with Crippen LogP contribution in [0.5, 0.6) is 17.5 Å². The molecule has 2 N–H and O–H groups in total. The molecule has 0 saturated carbocycles. The van der Waals surface area contributed by atoms with Crippen molar-refractivity contribution in [1.29, 1.82) is 5.26 Å². The zero-order valence-electron chi connectivity index (χ0n) is 35.7. The lowest BCUT2D eigenvalue weighted by atomic mass is 10.0. The van der Waals surface area contributed by atoms with E-state index in [2.05, 4.69) is 40.6 Å². The number of amides is 3. The van der Waals surface area contributed by atoms with Gasteiger partial charge in [0.05, 0.1) is 48.0 Å². The van der Waals surface area contributed by atoms with Gasteiger partial charge in [0.2, 0.25) is 5.91 Å². The van der Waals surface area contributed by atoms with Crippen molar-refractivity contribution in [2.45, 2.75) is 58.3 Å². The number of carbonyl (C=O) groups excluding carboxylic acids is 3. The average molecular weight is 881 g/mol. The molecule has 0 spiro atoms. The van der Waals surface area contributed by atoms with Crippen LogP contribution in [0.1, 0.15) is 68.4 Å². The highest BCUT2D eigenvalue weighted by molar-refractivity contribution is 6.36. The van der Waals surface area contributed by atoms with Crippen LogP contribution in [-0.4, -0.2) is 105 Å². The summed E-state index contributed by atoms with van der Waals surface area (Å²) in [7, 11) is 0. The minimum Gasteiger partial charge on any atom is -0.508 e. The van der Waals surface area contributed by atoms with Crippen LogP contribution in [0.4, 0.5) is 11.5 Å². The molecule has 2 fully saturated rings. The lowest BCUT2D eigenvalue weighted by Gasteiger charge is -2.42. The van der Waals surface area contributed by atoms with Crippen molar-refractivity contribution < 1.29 is 29.3 Å². The number of ether oxygens (including phenoxy) is 1. The summed E-state index contributed by atoms with van der Waals surface area (Å²) in [5.74, 6) is -0.177. The molecule has 14 nitrogen and oxygen atoms in total. The highest BCUT2D eigenvalue weighted by Crippen LogP contribution is 2.38. The van der Waals surface area contributed by atoms with Crippen molar-refractivity contribution in [3.05, 3.63) is 123 Å². The number of benzene rings is 4. The van der Waals surface area contributed by atoms with E-state index in [0.29, 0.717) is 94.5 Å². The molecular formula is C49H49ClN8O6. The molecular weight excluding hydrogens is 832 g/mol. The van der Waals surface area contributed by atoms with Crippen LogP contribution in [0, 0.1) is 17.2 Å². The summed E-state index contributed by atoms with van der Waals surface area (Å²) in [6, 6.07) is 22.5. The Bertz CT molecular complexity index is 2730. The number of phenols is 2. The summed E-state index contributed by atoms with van der Waals surface area (Å²) in [5.41, 5.74) is 5.94. The van der Waals surface area contributed by atoms with Gasteiger partial charge in [0.1, 0.15) is 17.3 Å². The van der Waals surface area contributed by atoms with Gasteiger partial charge in [-0.1, -0.05) is 55.4 Å². The standard InChI is InChI=1S/C49H49ClN8O6/c1-3-31-22-38(43(60)23-42(31)59)48(63)57-25-34-12-11-33(21-35(34)26-57)47(62)56-17-14-30(24-56)29-64-49-52-40-28-54(41-10-6-8-32-7-5-9-39(50)45(32)41)18-15-37(40)46(53-49)55-19-20-58(44(61)4-2)36(27-55)13-16-51/h4-12,21-23,30,36,59-60H,2-3,13-15,17-20,24-29H2,1H3/t30-,36+/m1/s1. The molecule has 0 unspecified atom stereocenters. The van der Waals surface area contributed by atoms with Crippen molar-refractivity contribution >= 4 is 51.6 Å². The zero-order valence-corrected chi connectivity index (χ0v) is 36.4. The number of piperazine rings is 1. The minimum absolute atomic E-state index is 0.0309. The quantitative estimate of drug-likeness (QED) is 0.145. The van der Waals surface area contributed by atoms with Crippen LogP contribution in [0.15, 0.2) is 79.4 Å². The first kappa shape index (κ1) is 42.5. The molecule has 3 amide bonds. The van der Waals surface area contributed by atoms with Gasteiger partial charge in [0.15, 0.2) is 0 Å². The topological polar surface area (TPSA) is 167 Å². The average Bonchev–Trinajstić information content (AvgIpc) is 3.97. The van der Waals surface area contributed by atoms with Gasteiger partial charge in [-0.05, 0) is 77.7 Å².